The SMILES string of the molecule is CNC(=O)c1cc(-n2ccnc2-c2cc3n(n2)CCCNC3)ccc1OC. The van der Waals surface area contributed by atoms with Crippen LogP contribution in [-0.4, -0.2) is 45.9 Å². The number of fused-ring (bicyclic) bond motifs is 1. The van der Waals surface area contributed by atoms with E-state index in [0.29, 0.717) is 11.3 Å². The van der Waals surface area contributed by atoms with Crippen LogP contribution in [0.1, 0.15) is 22.5 Å². The lowest BCUT2D eigenvalue weighted by Crippen LogP contribution is -2.19. The van der Waals surface area contributed by atoms with Gasteiger partial charge in [0.25, 0.3) is 5.91 Å². The Bertz CT molecular complexity index is 951. The molecule has 1 aliphatic heterocycles. The van der Waals surface area contributed by atoms with Crippen molar-refractivity contribution >= 4 is 5.91 Å². The molecule has 0 saturated heterocycles. The van der Waals surface area contributed by atoms with Gasteiger partial charge in [-0.3, -0.25) is 14.0 Å². The first-order valence-corrected chi connectivity index (χ1v) is 8.93. The summed E-state index contributed by atoms with van der Waals surface area (Å²) in [7, 11) is 3.15. The van der Waals surface area contributed by atoms with Gasteiger partial charge in [0.2, 0.25) is 0 Å². The van der Waals surface area contributed by atoms with Crippen molar-refractivity contribution in [2.75, 3.05) is 20.7 Å². The lowest BCUT2D eigenvalue weighted by atomic mass is 10.1. The van der Waals surface area contributed by atoms with Crippen molar-refractivity contribution in [2.24, 2.45) is 0 Å². The van der Waals surface area contributed by atoms with Crippen LogP contribution >= 0.6 is 0 Å². The highest BCUT2D eigenvalue weighted by atomic mass is 16.5. The Labute approximate surface area is 157 Å². The lowest BCUT2D eigenvalue weighted by molar-refractivity contribution is 0.0960. The highest BCUT2D eigenvalue weighted by Gasteiger charge is 2.18. The number of benzene rings is 1. The Kier molecular flexibility index (Phi) is 4.64. The summed E-state index contributed by atoms with van der Waals surface area (Å²) >= 11 is 0. The number of carbonyl (C=O) groups is 1. The molecule has 2 N–H and O–H groups in total. The van der Waals surface area contributed by atoms with Crippen LogP contribution < -0.4 is 15.4 Å². The fourth-order valence-corrected chi connectivity index (χ4v) is 3.33. The molecule has 0 bridgehead atoms. The van der Waals surface area contributed by atoms with E-state index in [0.717, 1.165) is 49.0 Å². The van der Waals surface area contributed by atoms with Gasteiger partial charge in [0.05, 0.1) is 18.4 Å². The fraction of sp³-hybridized carbons (Fsp3) is 0.316. The van der Waals surface area contributed by atoms with Gasteiger partial charge >= 0.3 is 0 Å². The highest BCUT2D eigenvalue weighted by molar-refractivity contribution is 5.97. The second-order valence-corrected chi connectivity index (χ2v) is 6.36. The molecule has 0 fully saturated rings. The summed E-state index contributed by atoms with van der Waals surface area (Å²) in [6.07, 6.45) is 4.66. The minimum Gasteiger partial charge on any atom is -0.496 e. The summed E-state index contributed by atoms with van der Waals surface area (Å²) < 4.78 is 9.29. The number of imidazole rings is 1. The normalized spacial score (nSPS) is 13.7. The van der Waals surface area contributed by atoms with Crippen molar-refractivity contribution < 1.29 is 9.53 Å². The summed E-state index contributed by atoms with van der Waals surface area (Å²) in [6, 6.07) is 7.56. The average molecular weight is 366 g/mol. The second kappa shape index (κ2) is 7.24. The summed E-state index contributed by atoms with van der Waals surface area (Å²) in [5, 5.41) is 10.8. The molecule has 8 nitrogen and oxygen atoms in total. The van der Waals surface area contributed by atoms with Gasteiger partial charge in [0.1, 0.15) is 11.4 Å². The predicted octanol–water partition coefficient (Wildman–Crippen LogP) is 1.60. The fourth-order valence-electron chi connectivity index (χ4n) is 3.33. The number of rotatable bonds is 4. The lowest BCUT2D eigenvalue weighted by Gasteiger charge is -2.11. The zero-order valence-electron chi connectivity index (χ0n) is 15.4. The number of amides is 1. The van der Waals surface area contributed by atoms with Crippen molar-refractivity contribution in [1.29, 1.82) is 0 Å². The molecule has 8 heteroatoms. The number of aromatic nitrogens is 4. The van der Waals surface area contributed by atoms with E-state index in [2.05, 4.69) is 21.7 Å². The molecule has 0 unspecified atom stereocenters. The first-order chi connectivity index (χ1) is 13.2. The van der Waals surface area contributed by atoms with Crippen molar-refractivity contribution in [3.63, 3.8) is 0 Å². The Morgan fingerprint density at radius 3 is 3.04 bits per heavy atom. The molecule has 1 aliphatic rings. The first-order valence-electron chi connectivity index (χ1n) is 8.93. The minimum atomic E-state index is -0.199. The molecular weight excluding hydrogens is 344 g/mol. The smallest absolute Gasteiger partial charge is 0.254 e. The molecule has 2 aromatic heterocycles. The molecule has 1 aromatic carbocycles. The molecule has 1 amide bonds. The molecule has 140 valence electrons. The van der Waals surface area contributed by atoms with Crippen molar-refractivity contribution in [3.05, 3.63) is 47.9 Å². The molecule has 3 heterocycles. The maximum absolute atomic E-state index is 12.2. The van der Waals surface area contributed by atoms with Crippen molar-refractivity contribution in [2.45, 2.75) is 19.5 Å². The molecule has 0 radical (unpaired) electrons. The van der Waals surface area contributed by atoms with Crippen LogP contribution in [-0.2, 0) is 13.1 Å². The number of carbonyl (C=O) groups excluding carboxylic acids is 1. The monoisotopic (exact) mass is 366 g/mol. The van der Waals surface area contributed by atoms with E-state index in [4.69, 9.17) is 9.84 Å². The number of ether oxygens (including phenoxy) is 1. The number of nitrogens with one attached hydrogen (secondary N) is 2. The maximum Gasteiger partial charge on any atom is 0.254 e. The van der Waals surface area contributed by atoms with Crippen LogP contribution in [0, 0.1) is 0 Å². The predicted molar refractivity (Wildman–Crippen MR) is 101 cm³/mol. The van der Waals surface area contributed by atoms with Crippen molar-refractivity contribution in [1.82, 2.24) is 30.0 Å². The highest BCUT2D eigenvalue weighted by Crippen LogP contribution is 2.26. The van der Waals surface area contributed by atoms with E-state index in [1.807, 2.05) is 21.5 Å². The van der Waals surface area contributed by atoms with Crippen LogP contribution in [0.25, 0.3) is 17.2 Å². The standard InChI is InChI=1S/C19H22N6O2/c1-20-19(26)15-10-13(4-5-17(15)27-2)24-9-7-22-18(24)16-11-14-12-21-6-3-8-25(14)23-16/h4-5,7,9-11,21H,3,6,8,12H2,1-2H3,(H,20,26). The van der Waals surface area contributed by atoms with Crippen LogP contribution in [0.5, 0.6) is 5.75 Å². The molecule has 3 aromatic rings. The third-order valence-electron chi connectivity index (χ3n) is 4.70. The Balaban J connectivity index is 1.75. The summed E-state index contributed by atoms with van der Waals surface area (Å²) in [4.78, 5) is 16.7. The van der Waals surface area contributed by atoms with Crippen LogP contribution in [0.2, 0.25) is 0 Å². The van der Waals surface area contributed by atoms with E-state index in [1.54, 1.807) is 32.5 Å². The molecule has 0 spiro atoms. The quantitative estimate of drug-likeness (QED) is 0.732. The van der Waals surface area contributed by atoms with Gasteiger partial charge in [0.15, 0.2) is 5.82 Å². The summed E-state index contributed by atoms with van der Waals surface area (Å²) in [5.74, 6) is 1.07. The van der Waals surface area contributed by atoms with Crippen LogP contribution in [0.4, 0.5) is 0 Å². The molecule has 27 heavy (non-hydrogen) atoms. The van der Waals surface area contributed by atoms with Gasteiger partial charge in [-0.05, 0) is 37.2 Å². The third-order valence-corrected chi connectivity index (χ3v) is 4.70. The number of hydrogen-bond donors (Lipinski definition) is 2. The summed E-state index contributed by atoms with van der Waals surface area (Å²) in [6.45, 7) is 2.70. The van der Waals surface area contributed by atoms with Gasteiger partial charge in [-0.1, -0.05) is 0 Å². The molecule has 4 rings (SSSR count). The van der Waals surface area contributed by atoms with E-state index < -0.39 is 0 Å². The largest absolute Gasteiger partial charge is 0.496 e. The van der Waals surface area contributed by atoms with Gasteiger partial charge in [-0.25, -0.2) is 4.98 Å². The minimum absolute atomic E-state index is 0.199. The van der Waals surface area contributed by atoms with Gasteiger partial charge in [0, 0.05) is 38.2 Å². The Morgan fingerprint density at radius 2 is 2.22 bits per heavy atom. The van der Waals surface area contributed by atoms with Crippen molar-refractivity contribution in [3.8, 4) is 23.0 Å². The Morgan fingerprint density at radius 1 is 1.33 bits per heavy atom. The molecule has 0 atom stereocenters. The topological polar surface area (TPSA) is 86.0 Å². The molecule has 0 aliphatic carbocycles. The first kappa shape index (κ1) is 17.3. The Hall–Kier alpha value is -3.13. The average Bonchev–Trinajstić information content (AvgIpc) is 3.29. The molecule has 0 saturated carbocycles. The van der Waals surface area contributed by atoms with E-state index in [-0.39, 0.29) is 5.91 Å². The van der Waals surface area contributed by atoms with E-state index in [9.17, 15) is 4.79 Å². The number of hydrogen-bond acceptors (Lipinski definition) is 5. The van der Waals surface area contributed by atoms with Gasteiger partial charge in [-0.2, -0.15) is 5.10 Å². The number of nitrogens with zero attached hydrogens (tertiary/aromatic N) is 4. The maximum atomic E-state index is 12.2. The zero-order chi connectivity index (χ0) is 18.8. The number of methoxy groups -OCH3 is 1. The van der Waals surface area contributed by atoms with Crippen LogP contribution in [0.15, 0.2) is 36.7 Å². The van der Waals surface area contributed by atoms with Gasteiger partial charge < -0.3 is 15.4 Å². The zero-order valence-corrected chi connectivity index (χ0v) is 15.4. The van der Waals surface area contributed by atoms with Crippen LogP contribution in [0.3, 0.4) is 0 Å². The third kappa shape index (κ3) is 3.19. The molecular formula is C19H22N6O2. The van der Waals surface area contributed by atoms with E-state index in [1.165, 1.54) is 0 Å². The summed E-state index contributed by atoms with van der Waals surface area (Å²) in [5.41, 5.74) is 3.26. The van der Waals surface area contributed by atoms with Gasteiger partial charge in [-0.15, -0.1) is 0 Å². The van der Waals surface area contributed by atoms with E-state index >= 15 is 0 Å². The second-order valence-electron chi connectivity index (χ2n) is 6.36. The number of aryl methyl sites for hydroxylation is 1.